The van der Waals surface area contributed by atoms with Gasteiger partial charge in [-0.05, 0) is 92.3 Å². The number of hydrogen-bond donors (Lipinski definition) is 1. The molecule has 8 atom stereocenters. The maximum atomic E-state index is 11.0. The van der Waals surface area contributed by atoms with Crippen LogP contribution < -0.4 is 0 Å². The van der Waals surface area contributed by atoms with Crippen LogP contribution in [-0.4, -0.2) is 11.2 Å². The molecule has 0 aromatic carbocycles. The van der Waals surface area contributed by atoms with Crippen molar-refractivity contribution < 1.29 is 5.11 Å². The molecule has 0 spiro atoms. The molecule has 0 amide bonds. The molecule has 3 saturated carbocycles. The van der Waals surface area contributed by atoms with E-state index in [1.165, 1.54) is 64.2 Å². The second kappa shape index (κ2) is 7.75. The molecular weight excluding hydrogens is 340 g/mol. The number of allylic oxidation sites excluding steroid dienone is 1. The molecule has 1 unspecified atom stereocenters. The van der Waals surface area contributed by atoms with Crippen LogP contribution in [0.5, 0.6) is 0 Å². The van der Waals surface area contributed by atoms with Crippen molar-refractivity contribution in [2.75, 3.05) is 0 Å². The van der Waals surface area contributed by atoms with Gasteiger partial charge in [-0.2, -0.15) is 0 Å². The van der Waals surface area contributed by atoms with Gasteiger partial charge in [0.2, 0.25) is 0 Å². The molecule has 4 aliphatic rings. The second-order valence-electron chi connectivity index (χ2n) is 12.1. The summed E-state index contributed by atoms with van der Waals surface area (Å²) < 4.78 is 0. The molecule has 4 rings (SSSR count). The van der Waals surface area contributed by atoms with Crippen LogP contribution in [0, 0.1) is 46.3 Å². The molecule has 0 saturated heterocycles. The van der Waals surface area contributed by atoms with Gasteiger partial charge in [-0.15, -0.1) is 0 Å². The number of aliphatic hydroxyl groups excluding tert-OH is 1. The third-order valence-corrected chi connectivity index (χ3v) is 10.4. The van der Waals surface area contributed by atoms with Gasteiger partial charge in [0.15, 0.2) is 0 Å². The average Bonchev–Trinajstić information content (AvgIpc) is 3.00. The zero-order chi connectivity index (χ0) is 20.1. The molecule has 0 aliphatic heterocycles. The van der Waals surface area contributed by atoms with Gasteiger partial charge in [-0.1, -0.05) is 65.5 Å². The van der Waals surface area contributed by atoms with Gasteiger partial charge in [-0.25, -0.2) is 0 Å². The first-order valence-corrected chi connectivity index (χ1v) is 12.7. The predicted molar refractivity (Wildman–Crippen MR) is 119 cm³/mol. The van der Waals surface area contributed by atoms with Crippen molar-refractivity contribution in [3.05, 3.63) is 11.6 Å². The van der Waals surface area contributed by atoms with Crippen LogP contribution in [0.4, 0.5) is 0 Å². The van der Waals surface area contributed by atoms with Gasteiger partial charge in [-0.3, -0.25) is 0 Å². The van der Waals surface area contributed by atoms with Crippen molar-refractivity contribution >= 4 is 0 Å². The van der Waals surface area contributed by atoms with Crippen molar-refractivity contribution in [3.63, 3.8) is 0 Å². The minimum absolute atomic E-state index is 0.0868. The Morgan fingerprint density at radius 1 is 1.04 bits per heavy atom. The minimum Gasteiger partial charge on any atom is -0.392 e. The highest BCUT2D eigenvalue weighted by Crippen LogP contribution is 2.67. The summed E-state index contributed by atoms with van der Waals surface area (Å²) in [6.45, 7) is 12.4. The molecule has 160 valence electrons. The Balaban J connectivity index is 1.51. The lowest BCUT2D eigenvalue weighted by Gasteiger charge is -2.59. The lowest BCUT2D eigenvalue weighted by molar-refractivity contribution is -0.0930. The number of aliphatic hydroxyl groups is 1. The van der Waals surface area contributed by atoms with E-state index in [4.69, 9.17) is 0 Å². The highest BCUT2D eigenvalue weighted by molar-refractivity contribution is 5.26. The van der Waals surface area contributed by atoms with Crippen LogP contribution in [0.1, 0.15) is 105 Å². The molecule has 1 N–H and O–H groups in total. The van der Waals surface area contributed by atoms with E-state index in [-0.39, 0.29) is 11.5 Å². The van der Waals surface area contributed by atoms with Crippen LogP contribution in [0.3, 0.4) is 0 Å². The molecule has 0 bridgehead atoms. The lowest BCUT2D eigenvalue weighted by Crippen LogP contribution is -2.54. The molecule has 0 aromatic rings. The van der Waals surface area contributed by atoms with Crippen molar-refractivity contribution in [1.29, 1.82) is 0 Å². The zero-order valence-corrected chi connectivity index (χ0v) is 19.3. The zero-order valence-electron chi connectivity index (χ0n) is 19.3. The molecule has 0 aromatic heterocycles. The van der Waals surface area contributed by atoms with Gasteiger partial charge in [0, 0.05) is 5.41 Å². The average molecular weight is 387 g/mol. The van der Waals surface area contributed by atoms with E-state index in [9.17, 15) is 5.11 Å². The Bertz CT molecular complexity index is 591. The largest absolute Gasteiger partial charge is 0.392 e. The first-order valence-electron chi connectivity index (χ1n) is 12.7. The molecule has 1 nitrogen and oxygen atoms in total. The summed E-state index contributed by atoms with van der Waals surface area (Å²) in [4.78, 5) is 0. The highest BCUT2D eigenvalue weighted by atomic mass is 16.3. The summed E-state index contributed by atoms with van der Waals surface area (Å²) in [5, 5.41) is 11.0. The first-order chi connectivity index (χ1) is 13.3. The number of hydrogen-bond acceptors (Lipinski definition) is 1. The van der Waals surface area contributed by atoms with Crippen molar-refractivity contribution in [1.82, 2.24) is 0 Å². The van der Waals surface area contributed by atoms with Crippen LogP contribution >= 0.6 is 0 Å². The van der Waals surface area contributed by atoms with E-state index >= 15 is 0 Å². The van der Waals surface area contributed by atoms with Crippen LogP contribution in [0.15, 0.2) is 11.6 Å². The fourth-order valence-corrected chi connectivity index (χ4v) is 8.74. The lowest BCUT2D eigenvalue weighted by atomic mass is 9.46. The summed E-state index contributed by atoms with van der Waals surface area (Å²) in [6, 6.07) is 0. The summed E-state index contributed by atoms with van der Waals surface area (Å²) in [5.74, 6) is 5.12. The monoisotopic (exact) mass is 386 g/mol. The minimum atomic E-state index is -0.100. The molecular formula is C27H46O. The Labute approximate surface area is 174 Å². The van der Waals surface area contributed by atoms with E-state index in [1.54, 1.807) is 5.57 Å². The fourth-order valence-electron chi connectivity index (χ4n) is 8.74. The normalized spacial score (nSPS) is 46.5. The summed E-state index contributed by atoms with van der Waals surface area (Å²) >= 11 is 0. The van der Waals surface area contributed by atoms with E-state index in [2.05, 4.69) is 40.7 Å². The quantitative estimate of drug-likeness (QED) is 0.488. The van der Waals surface area contributed by atoms with E-state index in [0.29, 0.717) is 5.41 Å². The van der Waals surface area contributed by atoms with Crippen molar-refractivity contribution in [3.8, 4) is 0 Å². The Hall–Kier alpha value is -0.300. The summed E-state index contributed by atoms with van der Waals surface area (Å²) in [5.41, 5.74) is 2.26. The van der Waals surface area contributed by atoms with E-state index < -0.39 is 0 Å². The van der Waals surface area contributed by atoms with Crippen LogP contribution in [0.2, 0.25) is 0 Å². The molecule has 1 heteroatoms. The van der Waals surface area contributed by atoms with Gasteiger partial charge in [0.25, 0.3) is 0 Å². The summed E-state index contributed by atoms with van der Waals surface area (Å²) in [6.07, 6.45) is 17.2. The Morgan fingerprint density at radius 2 is 1.82 bits per heavy atom. The standard InChI is InChI=1S/C27H46O/c1-18(2)8-6-9-19(3)22-14-15-23-21-13-12-20-10-7-11-25(28)27(20,5)24(21)16-17-26(22,23)4/h12,18-19,21-25,28H,6-11,13-17H2,1-5H3/t19-,21+,22-,23+,24+,25?,26-,27+/m1/s1. The van der Waals surface area contributed by atoms with E-state index in [0.717, 1.165) is 41.9 Å². The maximum absolute atomic E-state index is 11.0. The number of rotatable bonds is 5. The third-order valence-electron chi connectivity index (χ3n) is 10.4. The van der Waals surface area contributed by atoms with Crippen molar-refractivity contribution in [2.24, 2.45) is 46.3 Å². The molecule has 28 heavy (non-hydrogen) atoms. The topological polar surface area (TPSA) is 20.2 Å². The molecule has 4 aliphatic carbocycles. The van der Waals surface area contributed by atoms with Crippen LogP contribution in [-0.2, 0) is 0 Å². The smallest absolute Gasteiger partial charge is 0.0633 e. The fraction of sp³-hybridized carbons (Fsp3) is 0.926. The van der Waals surface area contributed by atoms with Gasteiger partial charge >= 0.3 is 0 Å². The van der Waals surface area contributed by atoms with Crippen LogP contribution in [0.25, 0.3) is 0 Å². The van der Waals surface area contributed by atoms with E-state index in [1.807, 2.05) is 0 Å². The predicted octanol–water partition coefficient (Wildman–Crippen LogP) is 7.39. The number of fused-ring (bicyclic) bond motifs is 5. The van der Waals surface area contributed by atoms with Crippen molar-refractivity contribution in [2.45, 2.75) is 111 Å². The molecule has 3 fully saturated rings. The Morgan fingerprint density at radius 3 is 2.57 bits per heavy atom. The highest BCUT2D eigenvalue weighted by Gasteiger charge is 2.60. The molecule has 0 radical (unpaired) electrons. The van der Waals surface area contributed by atoms with Gasteiger partial charge in [0.1, 0.15) is 0 Å². The first kappa shape index (κ1) is 21.0. The second-order valence-corrected chi connectivity index (χ2v) is 12.1. The Kier molecular flexibility index (Phi) is 5.80. The molecule has 0 heterocycles. The van der Waals surface area contributed by atoms with Gasteiger partial charge < -0.3 is 5.11 Å². The third kappa shape index (κ3) is 3.23. The van der Waals surface area contributed by atoms with Gasteiger partial charge in [0.05, 0.1) is 6.10 Å². The maximum Gasteiger partial charge on any atom is 0.0633 e. The SMILES string of the molecule is CC(C)CCC[C@@H](C)[C@H]1CC[C@H]2[C@@H]3CC=C4CCCC(O)[C@]4(C)[C@H]3CC[C@]12C. The summed E-state index contributed by atoms with van der Waals surface area (Å²) in [7, 11) is 0.